The van der Waals surface area contributed by atoms with Crippen LogP contribution in [0.1, 0.15) is 27.2 Å². The predicted molar refractivity (Wildman–Crippen MR) is 65.4 cm³/mol. The first-order valence-electron chi connectivity index (χ1n) is 5.73. The van der Waals surface area contributed by atoms with E-state index >= 15 is 0 Å². The first-order valence-corrected chi connectivity index (χ1v) is 5.73. The third-order valence-electron chi connectivity index (χ3n) is 2.70. The predicted octanol–water partition coefficient (Wildman–Crippen LogP) is 2.97. The summed E-state index contributed by atoms with van der Waals surface area (Å²) in [6.07, 6.45) is 0.587. The van der Waals surface area contributed by atoms with Crippen LogP contribution in [0.5, 0.6) is 0 Å². The number of anilines is 1. The molecule has 0 amide bonds. The Balaban J connectivity index is 2.81. The topological polar surface area (TPSA) is 38.3 Å². The Morgan fingerprint density at radius 2 is 1.94 bits per heavy atom. The molecule has 94 valence electrons. The van der Waals surface area contributed by atoms with Crippen molar-refractivity contribution in [3.8, 4) is 0 Å². The van der Waals surface area contributed by atoms with Crippen molar-refractivity contribution in [2.24, 2.45) is 0 Å². The normalized spacial score (nSPS) is 13.9. The molecule has 0 heterocycles. The fraction of sp³-hybridized carbons (Fsp3) is 0.462. The molecule has 0 aliphatic rings. The maximum Gasteiger partial charge on any atom is 0.331 e. The van der Waals surface area contributed by atoms with Gasteiger partial charge in [0.15, 0.2) is 0 Å². The number of hydrogen-bond donors (Lipinski definition) is 1. The van der Waals surface area contributed by atoms with Crippen molar-refractivity contribution < 1.29 is 13.9 Å². The van der Waals surface area contributed by atoms with E-state index < -0.39 is 5.54 Å². The highest BCUT2D eigenvalue weighted by Crippen LogP contribution is 2.20. The van der Waals surface area contributed by atoms with Crippen LogP contribution in [0.25, 0.3) is 0 Å². The highest BCUT2D eigenvalue weighted by molar-refractivity contribution is 5.84. The molecule has 17 heavy (non-hydrogen) atoms. The molecule has 0 bridgehead atoms. The largest absolute Gasteiger partial charge is 0.464 e. The quantitative estimate of drug-likeness (QED) is 0.803. The molecular formula is C13H18FNO2. The van der Waals surface area contributed by atoms with Gasteiger partial charge in [0.25, 0.3) is 0 Å². The van der Waals surface area contributed by atoms with Crippen molar-refractivity contribution in [3.63, 3.8) is 0 Å². The lowest BCUT2D eigenvalue weighted by Crippen LogP contribution is -2.44. The van der Waals surface area contributed by atoms with Crippen LogP contribution >= 0.6 is 0 Å². The van der Waals surface area contributed by atoms with Gasteiger partial charge in [-0.15, -0.1) is 0 Å². The van der Waals surface area contributed by atoms with Crippen LogP contribution in [-0.2, 0) is 9.53 Å². The second kappa shape index (κ2) is 5.66. The lowest BCUT2D eigenvalue weighted by molar-refractivity contribution is -0.148. The van der Waals surface area contributed by atoms with E-state index in [1.54, 1.807) is 26.0 Å². The zero-order valence-corrected chi connectivity index (χ0v) is 10.4. The van der Waals surface area contributed by atoms with Crippen molar-refractivity contribution in [1.82, 2.24) is 0 Å². The van der Waals surface area contributed by atoms with Gasteiger partial charge in [0, 0.05) is 5.69 Å². The number of nitrogens with one attached hydrogen (secondary N) is 1. The number of ether oxygens (including phenoxy) is 1. The number of hydrogen-bond acceptors (Lipinski definition) is 3. The van der Waals surface area contributed by atoms with Crippen LogP contribution in [-0.4, -0.2) is 18.1 Å². The summed E-state index contributed by atoms with van der Waals surface area (Å²) in [6.45, 7) is 5.78. The van der Waals surface area contributed by atoms with Crippen molar-refractivity contribution in [2.75, 3.05) is 11.9 Å². The summed E-state index contributed by atoms with van der Waals surface area (Å²) in [5.74, 6) is -0.600. The maximum absolute atomic E-state index is 12.8. The van der Waals surface area contributed by atoms with E-state index in [9.17, 15) is 9.18 Å². The summed E-state index contributed by atoms with van der Waals surface area (Å²) >= 11 is 0. The molecule has 1 aromatic rings. The van der Waals surface area contributed by atoms with Gasteiger partial charge in [-0.3, -0.25) is 0 Å². The van der Waals surface area contributed by atoms with Gasteiger partial charge >= 0.3 is 5.97 Å². The Bertz CT molecular complexity index is 378. The van der Waals surface area contributed by atoms with E-state index in [1.165, 1.54) is 12.1 Å². The molecule has 4 heteroatoms. The van der Waals surface area contributed by atoms with Gasteiger partial charge in [-0.2, -0.15) is 0 Å². The van der Waals surface area contributed by atoms with E-state index in [0.29, 0.717) is 18.7 Å². The highest BCUT2D eigenvalue weighted by atomic mass is 19.1. The summed E-state index contributed by atoms with van der Waals surface area (Å²) in [7, 11) is 0. The SMILES string of the molecule is CCOC(=O)C(C)(CC)Nc1ccc(F)cc1. The zero-order chi connectivity index (χ0) is 12.9. The molecule has 1 aromatic carbocycles. The Kier molecular flexibility index (Phi) is 4.49. The van der Waals surface area contributed by atoms with Gasteiger partial charge in [0.05, 0.1) is 6.61 Å². The number of benzene rings is 1. The van der Waals surface area contributed by atoms with Crippen LogP contribution in [0.4, 0.5) is 10.1 Å². The fourth-order valence-electron chi connectivity index (χ4n) is 1.43. The van der Waals surface area contributed by atoms with Crippen LogP contribution in [0.3, 0.4) is 0 Å². The Labute approximate surface area is 101 Å². The average molecular weight is 239 g/mol. The third-order valence-corrected chi connectivity index (χ3v) is 2.70. The van der Waals surface area contributed by atoms with E-state index in [0.717, 1.165) is 0 Å². The van der Waals surface area contributed by atoms with Crippen LogP contribution in [0, 0.1) is 5.82 Å². The second-order valence-corrected chi connectivity index (χ2v) is 4.04. The van der Waals surface area contributed by atoms with Crippen LogP contribution in [0.15, 0.2) is 24.3 Å². The minimum absolute atomic E-state index is 0.299. The number of halogens is 1. The van der Waals surface area contributed by atoms with E-state index in [4.69, 9.17) is 4.74 Å². The monoisotopic (exact) mass is 239 g/mol. The molecule has 0 saturated heterocycles. The molecule has 0 radical (unpaired) electrons. The first kappa shape index (κ1) is 13.5. The number of carbonyl (C=O) groups excluding carboxylic acids is 1. The lowest BCUT2D eigenvalue weighted by Gasteiger charge is -2.28. The number of esters is 1. The molecule has 3 nitrogen and oxygen atoms in total. The summed E-state index contributed by atoms with van der Waals surface area (Å²) < 4.78 is 17.8. The van der Waals surface area contributed by atoms with Crippen molar-refractivity contribution >= 4 is 11.7 Å². The molecule has 1 atom stereocenters. The Hall–Kier alpha value is -1.58. The zero-order valence-electron chi connectivity index (χ0n) is 10.4. The fourth-order valence-corrected chi connectivity index (χ4v) is 1.43. The van der Waals surface area contributed by atoms with Gasteiger partial charge in [0.2, 0.25) is 0 Å². The summed E-state index contributed by atoms with van der Waals surface area (Å²) in [6, 6.07) is 5.90. The minimum atomic E-state index is -0.784. The van der Waals surface area contributed by atoms with Gasteiger partial charge in [-0.1, -0.05) is 6.92 Å². The standard InChI is InChI=1S/C13H18FNO2/c1-4-13(3,12(16)17-5-2)15-11-8-6-10(14)7-9-11/h6-9,15H,4-5H2,1-3H3. The third kappa shape index (κ3) is 3.44. The van der Waals surface area contributed by atoms with Crippen LogP contribution < -0.4 is 5.32 Å². The second-order valence-electron chi connectivity index (χ2n) is 4.04. The van der Waals surface area contributed by atoms with Gasteiger partial charge in [-0.25, -0.2) is 9.18 Å². The van der Waals surface area contributed by atoms with E-state index in [-0.39, 0.29) is 11.8 Å². The molecule has 1 N–H and O–H groups in total. The molecule has 0 saturated carbocycles. The van der Waals surface area contributed by atoms with Gasteiger partial charge in [0.1, 0.15) is 11.4 Å². The summed E-state index contributed by atoms with van der Waals surface area (Å²) in [5.41, 5.74) is -0.0859. The number of rotatable bonds is 5. The van der Waals surface area contributed by atoms with E-state index in [1.807, 2.05) is 6.92 Å². The Morgan fingerprint density at radius 1 is 1.35 bits per heavy atom. The van der Waals surface area contributed by atoms with Gasteiger partial charge in [-0.05, 0) is 44.5 Å². The maximum atomic E-state index is 12.8. The number of carbonyl (C=O) groups is 1. The molecular weight excluding hydrogens is 221 g/mol. The molecule has 0 aliphatic carbocycles. The first-order chi connectivity index (χ1) is 8.01. The van der Waals surface area contributed by atoms with Crippen molar-refractivity contribution in [2.45, 2.75) is 32.7 Å². The molecule has 0 fully saturated rings. The lowest BCUT2D eigenvalue weighted by atomic mass is 9.98. The summed E-state index contributed by atoms with van der Waals surface area (Å²) in [5, 5.41) is 3.08. The molecule has 1 rings (SSSR count). The molecule has 1 unspecified atom stereocenters. The molecule has 0 aromatic heterocycles. The van der Waals surface area contributed by atoms with E-state index in [2.05, 4.69) is 5.32 Å². The average Bonchev–Trinajstić information content (AvgIpc) is 2.32. The minimum Gasteiger partial charge on any atom is -0.464 e. The molecule has 0 aliphatic heterocycles. The highest BCUT2D eigenvalue weighted by Gasteiger charge is 2.32. The Morgan fingerprint density at radius 3 is 2.41 bits per heavy atom. The van der Waals surface area contributed by atoms with Crippen molar-refractivity contribution in [3.05, 3.63) is 30.1 Å². The molecule has 0 spiro atoms. The summed E-state index contributed by atoms with van der Waals surface area (Å²) in [4.78, 5) is 11.8. The van der Waals surface area contributed by atoms with Crippen LogP contribution in [0.2, 0.25) is 0 Å². The van der Waals surface area contributed by atoms with Gasteiger partial charge < -0.3 is 10.1 Å². The van der Waals surface area contributed by atoms with Crippen molar-refractivity contribution in [1.29, 1.82) is 0 Å². The smallest absolute Gasteiger partial charge is 0.331 e.